The molecule has 0 amide bonds. The molecule has 0 aliphatic carbocycles. The van der Waals surface area contributed by atoms with E-state index in [1.165, 1.54) is 0 Å². The van der Waals surface area contributed by atoms with Gasteiger partial charge in [-0.1, -0.05) is 13.8 Å². The molecule has 1 saturated heterocycles. The van der Waals surface area contributed by atoms with Crippen LogP contribution in [-0.4, -0.2) is 49.1 Å². The van der Waals surface area contributed by atoms with Crippen LogP contribution in [0.2, 0.25) is 0 Å². The molecule has 0 aromatic carbocycles. The molecule has 2 rings (SSSR count). The highest BCUT2D eigenvalue weighted by Crippen LogP contribution is 2.25. The van der Waals surface area contributed by atoms with E-state index in [0.29, 0.717) is 43.9 Å². The zero-order valence-electron chi connectivity index (χ0n) is 12.1. The molecular weight excluding hydrogens is 258 g/mol. The van der Waals surface area contributed by atoms with E-state index in [9.17, 15) is 5.11 Å². The number of nitrogens with two attached hydrogens (primary N) is 1. The van der Waals surface area contributed by atoms with Gasteiger partial charge < -0.3 is 25.2 Å². The van der Waals surface area contributed by atoms with Crippen molar-refractivity contribution in [3.63, 3.8) is 0 Å². The normalized spacial score (nSPS) is 19.4. The number of aliphatic hydroxyl groups is 1. The van der Waals surface area contributed by atoms with Crippen LogP contribution in [0.3, 0.4) is 0 Å². The molecule has 3 N–H and O–H groups in total. The lowest BCUT2D eigenvalue weighted by Gasteiger charge is -2.35. The highest BCUT2D eigenvalue weighted by molar-refractivity contribution is 5.55. The number of aromatic nitrogens is 1. The van der Waals surface area contributed by atoms with Gasteiger partial charge in [0.1, 0.15) is 5.82 Å². The minimum atomic E-state index is -0.0715. The molecule has 1 aliphatic rings. The van der Waals surface area contributed by atoms with Gasteiger partial charge in [-0.15, -0.1) is 0 Å². The summed E-state index contributed by atoms with van der Waals surface area (Å²) in [6.45, 7) is 6.59. The summed E-state index contributed by atoms with van der Waals surface area (Å²) in [5.74, 6) is 1.63. The number of nitrogen functional groups attached to an aromatic ring is 1. The SMILES string of the molecule is CC(C)COc1nc(N2CCOCC2CO)ccc1N. The summed E-state index contributed by atoms with van der Waals surface area (Å²) >= 11 is 0. The van der Waals surface area contributed by atoms with Crippen LogP contribution in [0.5, 0.6) is 5.88 Å². The second-order valence-electron chi connectivity index (χ2n) is 5.37. The lowest BCUT2D eigenvalue weighted by molar-refractivity contribution is 0.0722. The summed E-state index contributed by atoms with van der Waals surface area (Å²) in [4.78, 5) is 6.51. The zero-order valence-corrected chi connectivity index (χ0v) is 12.1. The van der Waals surface area contributed by atoms with Gasteiger partial charge in [0.25, 0.3) is 0 Å². The van der Waals surface area contributed by atoms with Crippen molar-refractivity contribution in [2.45, 2.75) is 19.9 Å². The van der Waals surface area contributed by atoms with Gasteiger partial charge in [-0.05, 0) is 18.1 Å². The van der Waals surface area contributed by atoms with Crippen molar-refractivity contribution in [2.24, 2.45) is 5.92 Å². The number of hydrogen-bond acceptors (Lipinski definition) is 6. The van der Waals surface area contributed by atoms with Crippen molar-refractivity contribution < 1.29 is 14.6 Å². The quantitative estimate of drug-likeness (QED) is 0.834. The van der Waals surface area contributed by atoms with Gasteiger partial charge in [-0.3, -0.25) is 0 Å². The van der Waals surface area contributed by atoms with E-state index < -0.39 is 0 Å². The topological polar surface area (TPSA) is 80.8 Å². The van der Waals surface area contributed by atoms with E-state index in [1.807, 2.05) is 11.0 Å². The van der Waals surface area contributed by atoms with Crippen molar-refractivity contribution in [1.29, 1.82) is 0 Å². The Labute approximate surface area is 119 Å². The van der Waals surface area contributed by atoms with Crippen molar-refractivity contribution in [1.82, 2.24) is 4.98 Å². The van der Waals surface area contributed by atoms with E-state index in [0.717, 1.165) is 5.82 Å². The number of pyridine rings is 1. The molecule has 1 fully saturated rings. The van der Waals surface area contributed by atoms with Gasteiger partial charge in [0.2, 0.25) is 5.88 Å². The number of aliphatic hydroxyl groups excluding tert-OH is 1. The molecule has 1 aliphatic heterocycles. The van der Waals surface area contributed by atoms with E-state index in [-0.39, 0.29) is 12.6 Å². The van der Waals surface area contributed by atoms with Gasteiger partial charge >= 0.3 is 0 Å². The third kappa shape index (κ3) is 3.52. The first-order chi connectivity index (χ1) is 9.61. The average Bonchev–Trinajstić information content (AvgIpc) is 2.46. The standard InChI is InChI=1S/C14H23N3O3/c1-10(2)8-20-14-12(15)3-4-13(16-14)17-5-6-19-9-11(17)7-18/h3-4,10-11,18H,5-9,15H2,1-2H3. The Morgan fingerprint density at radius 1 is 1.55 bits per heavy atom. The minimum absolute atomic E-state index is 0.0360. The Bertz CT molecular complexity index is 440. The van der Waals surface area contributed by atoms with Crippen LogP contribution < -0.4 is 15.4 Å². The maximum atomic E-state index is 9.42. The Morgan fingerprint density at radius 2 is 2.35 bits per heavy atom. The lowest BCUT2D eigenvalue weighted by Crippen LogP contribution is -2.48. The molecule has 6 nitrogen and oxygen atoms in total. The molecule has 0 bridgehead atoms. The number of ether oxygens (including phenoxy) is 2. The fourth-order valence-corrected chi connectivity index (χ4v) is 2.07. The van der Waals surface area contributed by atoms with Gasteiger partial charge in [-0.2, -0.15) is 4.98 Å². The second kappa shape index (κ2) is 6.76. The van der Waals surface area contributed by atoms with E-state index in [2.05, 4.69) is 18.8 Å². The smallest absolute Gasteiger partial charge is 0.239 e. The summed E-state index contributed by atoms with van der Waals surface area (Å²) in [6, 6.07) is 3.57. The number of morpholine rings is 1. The van der Waals surface area contributed by atoms with Crippen LogP contribution in [0.1, 0.15) is 13.8 Å². The number of rotatable bonds is 5. The molecule has 20 heavy (non-hydrogen) atoms. The molecule has 0 spiro atoms. The molecule has 1 aromatic rings. The van der Waals surface area contributed by atoms with Crippen molar-refractivity contribution in [3.8, 4) is 5.88 Å². The van der Waals surface area contributed by atoms with Gasteiger partial charge in [0, 0.05) is 6.54 Å². The Kier molecular flexibility index (Phi) is 5.03. The predicted molar refractivity (Wildman–Crippen MR) is 78.0 cm³/mol. The third-order valence-electron chi connectivity index (χ3n) is 3.16. The van der Waals surface area contributed by atoms with Crippen LogP contribution in [0, 0.1) is 5.92 Å². The first-order valence-corrected chi connectivity index (χ1v) is 6.96. The van der Waals surface area contributed by atoms with Gasteiger partial charge in [-0.25, -0.2) is 0 Å². The minimum Gasteiger partial charge on any atom is -0.476 e. The molecule has 112 valence electrons. The molecule has 6 heteroatoms. The van der Waals surface area contributed by atoms with Crippen LogP contribution in [-0.2, 0) is 4.74 Å². The third-order valence-corrected chi connectivity index (χ3v) is 3.16. The van der Waals surface area contributed by atoms with Crippen molar-refractivity contribution in [2.75, 3.05) is 43.6 Å². The largest absolute Gasteiger partial charge is 0.476 e. The molecule has 0 radical (unpaired) electrons. The zero-order chi connectivity index (χ0) is 14.5. The molecule has 0 saturated carbocycles. The number of anilines is 2. The van der Waals surface area contributed by atoms with Crippen LogP contribution in [0.15, 0.2) is 12.1 Å². The van der Waals surface area contributed by atoms with Crippen molar-refractivity contribution in [3.05, 3.63) is 12.1 Å². The first-order valence-electron chi connectivity index (χ1n) is 6.96. The van der Waals surface area contributed by atoms with E-state index >= 15 is 0 Å². The summed E-state index contributed by atoms with van der Waals surface area (Å²) in [6.07, 6.45) is 0. The van der Waals surface area contributed by atoms with E-state index in [4.69, 9.17) is 15.2 Å². The summed E-state index contributed by atoms with van der Waals surface area (Å²) in [5, 5.41) is 9.42. The Hall–Kier alpha value is -1.53. The highest BCUT2D eigenvalue weighted by atomic mass is 16.5. The molecule has 1 aromatic heterocycles. The van der Waals surface area contributed by atoms with Crippen molar-refractivity contribution >= 4 is 11.5 Å². The van der Waals surface area contributed by atoms with Crippen LogP contribution >= 0.6 is 0 Å². The summed E-state index contributed by atoms with van der Waals surface area (Å²) < 4.78 is 11.0. The lowest BCUT2D eigenvalue weighted by atomic mass is 10.2. The second-order valence-corrected chi connectivity index (χ2v) is 5.37. The van der Waals surface area contributed by atoms with Crippen LogP contribution in [0.25, 0.3) is 0 Å². The summed E-state index contributed by atoms with van der Waals surface area (Å²) in [7, 11) is 0. The monoisotopic (exact) mass is 281 g/mol. The molecular formula is C14H23N3O3. The number of nitrogens with zero attached hydrogens (tertiary/aromatic N) is 2. The number of hydrogen-bond donors (Lipinski definition) is 2. The van der Waals surface area contributed by atoms with Crippen LogP contribution in [0.4, 0.5) is 11.5 Å². The first kappa shape index (κ1) is 14.9. The molecule has 2 heterocycles. The maximum Gasteiger partial charge on any atom is 0.239 e. The molecule has 1 unspecified atom stereocenters. The fraction of sp³-hybridized carbons (Fsp3) is 0.643. The summed E-state index contributed by atoms with van der Waals surface area (Å²) in [5.41, 5.74) is 6.42. The average molecular weight is 281 g/mol. The van der Waals surface area contributed by atoms with Gasteiger partial charge in [0.15, 0.2) is 0 Å². The Morgan fingerprint density at radius 3 is 3.05 bits per heavy atom. The maximum absolute atomic E-state index is 9.42. The van der Waals surface area contributed by atoms with Gasteiger partial charge in [0.05, 0.1) is 38.2 Å². The highest BCUT2D eigenvalue weighted by Gasteiger charge is 2.24. The fourth-order valence-electron chi connectivity index (χ4n) is 2.07. The predicted octanol–water partition coefficient (Wildman–Crippen LogP) is 0.896. The van der Waals surface area contributed by atoms with E-state index in [1.54, 1.807) is 6.07 Å². The Balaban J connectivity index is 2.16. The molecule has 1 atom stereocenters.